The van der Waals surface area contributed by atoms with Gasteiger partial charge in [0.05, 0.1) is 5.52 Å². The molecule has 3 aromatic rings. The highest BCUT2D eigenvalue weighted by atomic mass is 19.1. The minimum Gasteiger partial charge on any atom is -0.354 e. The van der Waals surface area contributed by atoms with Crippen molar-refractivity contribution in [3.05, 3.63) is 59.7 Å². The molecule has 1 fully saturated rings. The number of aromatic nitrogens is 1. The van der Waals surface area contributed by atoms with Gasteiger partial charge in [-0.25, -0.2) is 8.78 Å². The Morgan fingerprint density at radius 1 is 1.18 bits per heavy atom. The molecular weight excluding hydrogens is 364 g/mol. The van der Waals surface area contributed by atoms with Crippen LogP contribution >= 0.6 is 0 Å². The average Bonchev–Trinajstić information content (AvgIpc) is 3.24. The van der Waals surface area contributed by atoms with Crippen LogP contribution in [0.2, 0.25) is 0 Å². The van der Waals surface area contributed by atoms with E-state index in [1.54, 1.807) is 0 Å². The van der Waals surface area contributed by atoms with Gasteiger partial charge < -0.3 is 15.6 Å². The van der Waals surface area contributed by atoms with Crippen molar-refractivity contribution < 1.29 is 18.4 Å². The molecular formula is C21H19F2N3O2. The van der Waals surface area contributed by atoms with Gasteiger partial charge in [0.25, 0.3) is 0 Å². The number of carbonyl (C=O) groups is 2. The summed E-state index contributed by atoms with van der Waals surface area (Å²) < 4.78 is 28.1. The van der Waals surface area contributed by atoms with Crippen LogP contribution in [0, 0.1) is 11.6 Å². The van der Waals surface area contributed by atoms with Gasteiger partial charge in [-0.05, 0) is 30.0 Å². The van der Waals surface area contributed by atoms with Gasteiger partial charge in [0.1, 0.15) is 17.7 Å². The van der Waals surface area contributed by atoms with Crippen LogP contribution in [-0.4, -0.2) is 29.4 Å². The first-order valence-corrected chi connectivity index (χ1v) is 9.15. The van der Waals surface area contributed by atoms with Gasteiger partial charge in [0.15, 0.2) is 0 Å². The Bertz CT molecular complexity index is 1050. The van der Waals surface area contributed by atoms with Crippen molar-refractivity contribution in [1.82, 2.24) is 15.6 Å². The van der Waals surface area contributed by atoms with Crippen LogP contribution in [-0.2, 0) is 16.0 Å². The van der Waals surface area contributed by atoms with Crippen LogP contribution in [0.1, 0.15) is 18.4 Å². The topological polar surface area (TPSA) is 74.0 Å². The number of hydrogen-bond acceptors (Lipinski definition) is 2. The normalized spacial score (nSPS) is 16.4. The van der Waals surface area contributed by atoms with Crippen LogP contribution in [0.15, 0.2) is 42.5 Å². The second-order valence-electron chi connectivity index (χ2n) is 6.85. The number of carbonyl (C=O) groups excluding carboxylic acids is 2. The molecule has 5 nitrogen and oxygen atoms in total. The van der Waals surface area contributed by atoms with E-state index in [9.17, 15) is 18.4 Å². The molecule has 2 amide bonds. The first kappa shape index (κ1) is 18.2. The predicted molar refractivity (Wildman–Crippen MR) is 102 cm³/mol. The molecule has 0 bridgehead atoms. The van der Waals surface area contributed by atoms with Crippen molar-refractivity contribution in [3.8, 4) is 11.3 Å². The molecule has 4 rings (SSSR count). The van der Waals surface area contributed by atoms with Crippen molar-refractivity contribution in [2.45, 2.75) is 25.3 Å². The summed E-state index contributed by atoms with van der Waals surface area (Å²) in [6.07, 6.45) is 0.950. The average molecular weight is 383 g/mol. The van der Waals surface area contributed by atoms with Crippen molar-refractivity contribution in [1.29, 1.82) is 0 Å². The van der Waals surface area contributed by atoms with E-state index in [1.807, 2.05) is 30.3 Å². The van der Waals surface area contributed by atoms with Crippen LogP contribution in [0.4, 0.5) is 8.78 Å². The van der Waals surface area contributed by atoms with E-state index in [1.165, 1.54) is 6.07 Å². The van der Waals surface area contributed by atoms with E-state index in [0.29, 0.717) is 29.6 Å². The molecule has 28 heavy (non-hydrogen) atoms. The summed E-state index contributed by atoms with van der Waals surface area (Å²) in [4.78, 5) is 27.0. The van der Waals surface area contributed by atoms with Crippen LogP contribution in [0.3, 0.4) is 0 Å². The lowest BCUT2D eigenvalue weighted by Crippen LogP contribution is -2.40. The van der Waals surface area contributed by atoms with Crippen LogP contribution in [0.5, 0.6) is 0 Å². The second-order valence-corrected chi connectivity index (χ2v) is 6.85. The van der Waals surface area contributed by atoms with Gasteiger partial charge in [-0.15, -0.1) is 0 Å². The van der Waals surface area contributed by atoms with E-state index in [2.05, 4.69) is 15.6 Å². The molecule has 7 heteroatoms. The van der Waals surface area contributed by atoms with E-state index in [4.69, 9.17) is 0 Å². The quantitative estimate of drug-likeness (QED) is 0.634. The monoisotopic (exact) mass is 383 g/mol. The molecule has 1 aliphatic rings. The third kappa shape index (κ3) is 3.47. The zero-order valence-electron chi connectivity index (χ0n) is 15.0. The lowest BCUT2D eigenvalue weighted by Gasteiger charge is -2.10. The highest BCUT2D eigenvalue weighted by molar-refractivity contribution is 5.92. The summed E-state index contributed by atoms with van der Waals surface area (Å²) in [7, 11) is 0. The third-order valence-electron chi connectivity index (χ3n) is 4.98. The van der Waals surface area contributed by atoms with Gasteiger partial charge >= 0.3 is 0 Å². The zero-order valence-corrected chi connectivity index (χ0v) is 15.0. The fourth-order valence-corrected chi connectivity index (χ4v) is 3.62. The summed E-state index contributed by atoms with van der Waals surface area (Å²) in [6, 6.07) is 10.9. The van der Waals surface area contributed by atoms with Crippen LogP contribution in [0.25, 0.3) is 22.2 Å². The number of nitrogens with one attached hydrogen (secondary N) is 3. The molecule has 0 radical (unpaired) electrons. The fourth-order valence-electron chi connectivity index (χ4n) is 3.62. The maximum absolute atomic E-state index is 14.3. The van der Waals surface area contributed by atoms with Crippen molar-refractivity contribution in [3.63, 3.8) is 0 Å². The maximum atomic E-state index is 14.3. The number of hydrogen-bond donors (Lipinski definition) is 3. The van der Waals surface area contributed by atoms with E-state index in [0.717, 1.165) is 11.6 Å². The number of H-pyrrole nitrogens is 1. The van der Waals surface area contributed by atoms with Gasteiger partial charge in [0.2, 0.25) is 11.8 Å². The molecule has 1 aromatic heterocycles. The summed E-state index contributed by atoms with van der Waals surface area (Å²) >= 11 is 0. The van der Waals surface area contributed by atoms with E-state index in [-0.39, 0.29) is 30.2 Å². The second kappa shape index (κ2) is 7.42. The number of benzene rings is 2. The fraction of sp³-hybridized carbons (Fsp3) is 0.238. The number of aromatic amines is 1. The lowest BCUT2D eigenvalue weighted by molar-refractivity contribution is -0.127. The Kier molecular flexibility index (Phi) is 4.81. The van der Waals surface area contributed by atoms with Crippen molar-refractivity contribution in [2.75, 3.05) is 6.54 Å². The SMILES string of the molecule is O=C(CCc1c(-c2ccccc2)[nH]c2c(F)cc(F)cc12)NC1CCNC1=O. The molecule has 1 atom stereocenters. The molecule has 1 aliphatic heterocycles. The Balaban J connectivity index is 1.64. The first-order valence-electron chi connectivity index (χ1n) is 9.15. The van der Waals surface area contributed by atoms with Crippen molar-refractivity contribution >= 4 is 22.7 Å². The highest BCUT2D eigenvalue weighted by Crippen LogP contribution is 2.33. The molecule has 3 N–H and O–H groups in total. The van der Waals surface area contributed by atoms with Crippen molar-refractivity contribution in [2.24, 2.45) is 0 Å². The lowest BCUT2D eigenvalue weighted by atomic mass is 10.0. The predicted octanol–water partition coefficient (Wildman–Crippen LogP) is 3.05. The smallest absolute Gasteiger partial charge is 0.242 e. The largest absolute Gasteiger partial charge is 0.354 e. The Hall–Kier alpha value is -3.22. The Morgan fingerprint density at radius 2 is 1.96 bits per heavy atom. The first-order chi connectivity index (χ1) is 13.5. The minimum atomic E-state index is -0.675. The van der Waals surface area contributed by atoms with E-state index < -0.39 is 17.7 Å². The summed E-state index contributed by atoms with van der Waals surface area (Å²) in [5, 5.41) is 5.80. The molecule has 2 aromatic carbocycles. The summed E-state index contributed by atoms with van der Waals surface area (Å²) in [6.45, 7) is 0.545. The number of fused-ring (bicyclic) bond motifs is 1. The number of aryl methyl sites for hydroxylation is 1. The molecule has 0 saturated carbocycles. The zero-order chi connectivity index (χ0) is 19.7. The molecule has 0 spiro atoms. The van der Waals surface area contributed by atoms with Gasteiger partial charge in [-0.2, -0.15) is 0 Å². The standard InChI is InChI=1S/C21H19F2N3O2/c22-13-10-15-14(6-7-18(27)25-17-8-9-24-21(17)28)19(12-4-2-1-3-5-12)26-20(15)16(23)11-13/h1-5,10-11,17,26H,6-9H2,(H,24,28)(H,25,27). The summed E-state index contributed by atoms with van der Waals surface area (Å²) in [5.74, 6) is -1.80. The molecule has 1 saturated heterocycles. The minimum absolute atomic E-state index is 0.106. The summed E-state index contributed by atoms with van der Waals surface area (Å²) in [5.41, 5.74) is 2.37. The molecule has 0 aliphatic carbocycles. The third-order valence-corrected chi connectivity index (χ3v) is 4.98. The number of amides is 2. The number of rotatable bonds is 5. The molecule has 1 unspecified atom stereocenters. The highest BCUT2D eigenvalue weighted by Gasteiger charge is 2.25. The molecule has 2 heterocycles. The Morgan fingerprint density at radius 3 is 2.68 bits per heavy atom. The maximum Gasteiger partial charge on any atom is 0.242 e. The Labute approximate surface area is 160 Å². The molecule has 144 valence electrons. The number of halogens is 2. The van der Waals surface area contributed by atoms with Crippen LogP contribution < -0.4 is 10.6 Å². The van der Waals surface area contributed by atoms with Gasteiger partial charge in [-0.1, -0.05) is 30.3 Å². The van der Waals surface area contributed by atoms with Gasteiger partial charge in [-0.3, -0.25) is 9.59 Å². The van der Waals surface area contributed by atoms with E-state index >= 15 is 0 Å². The van der Waals surface area contributed by atoms with Gasteiger partial charge in [0, 0.05) is 30.1 Å².